The lowest BCUT2D eigenvalue weighted by molar-refractivity contribution is -0.116. The largest absolute Gasteiger partial charge is 0.326 e. The quantitative estimate of drug-likeness (QED) is 0.806. The van der Waals surface area contributed by atoms with Gasteiger partial charge >= 0.3 is 0 Å². The highest BCUT2D eigenvalue weighted by molar-refractivity contribution is 7.99. The first-order chi connectivity index (χ1) is 7.26. The van der Waals surface area contributed by atoms with Crippen LogP contribution in [0, 0.1) is 0 Å². The fourth-order valence-corrected chi connectivity index (χ4v) is 2.07. The minimum absolute atomic E-state index is 0.0150. The van der Waals surface area contributed by atoms with Crippen molar-refractivity contribution in [3.05, 3.63) is 30.3 Å². The number of nitrogens with one attached hydrogen (secondary N) is 1. The fraction of sp³-hybridized carbons (Fsp3) is 0.364. The first-order valence-corrected chi connectivity index (χ1v) is 6.52. The Labute approximate surface area is 99.4 Å². The molecule has 1 rings (SSSR count). The molecule has 82 valence electrons. The molecule has 0 saturated carbocycles. The van der Waals surface area contributed by atoms with Gasteiger partial charge in [-0.3, -0.25) is 4.79 Å². The summed E-state index contributed by atoms with van der Waals surface area (Å²) in [5.74, 6) is 0.518. The van der Waals surface area contributed by atoms with Crippen LogP contribution in [-0.4, -0.2) is 23.3 Å². The molecule has 1 atom stereocenters. The smallest absolute Gasteiger partial charge is 0.225 e. The maximum absolute atomic E-state index is 11.6. The van der Waals surface area contributed by atoms with Crippen LogP contribution < -0.4 is 5.32 Å². The summed E-state index contributed by atoms with van der Waals surface area (Å²) in [6.45, 7) is 0. The molecule has 0 radical (unpaired) electrons. The van der Waals surface area contributed by atoms with Gasteiger partial charge in [-0.2, -0.15) is 11.8 Å². The van der Waals surface area contributed by atoms with Crippen LogP contribution in [0.5, 0.6) is 0 Å². The molecule has 1 N–H and O–H groups in total. The van der Waals surface area contributed by atoms with Crippen molar-refractivity contribution in [2.45, 2.75) is 11.7 Å². The molecule has 1 aromatic rings. The Hall–Kier alpha value is -0.670. The van der Waals surface area contributed by atoms with Crippen molar-refractivity contribution < 1.29 is 4.79 Å². The number of anilines is 1. The minimum Gasteiger partial charge on any atom is -0.326 e. The fourth-order valence-electron chi connectivity index (χ4n) is 1.14. The molecule has 15 heavy (non-hydrogen) atoms. The highest BCUT2D eigenvalue weighted by Gasteiger charge is 2.11. The van der Waals surface area contributed by atoms with Crippen molar-refractivity contribution in [1.29, 1.82) is 0 Å². The first kappa shape index (κ1) is 12.4. The van der Waals surface area contributed by atoms with Gasteiger partial charge in [-0.15, -0.1) is 11.6 Å². The number of hydrogen-bond donors (Lipinski definition) is 1. The molecule has 0 aliphatic carbocycles. The highest BCUT2D eigenvalue weighted by Crippen LogP contribution is 2.14. The maximum Gasteiger partial charge on any atom is 0.225 e. The Morgan fingerprint density at radius 3 is 2.67 bits per heavy atom. The van der Waals surface area contributed by atoms with Gasteiger partial charge in [-0.25, -0.2) is 0 Å². The van der Waals surface area contributed by atoms with Gasteiger partial charge in [0.15, 0.2) is 0 Å². The number of amides is 1. The van der Waals surface area contributed by atoms with Gasteiger partial charge in [0, 0.05) is 23.2 Å². The lowest BCUT2D eigenvalue weighted by Gasteiger charge is -2.10. The van der Waals surface area contributed by atoms with Gasteiger partial charge in [0.1, 0.15) is 0 Å². The molecule has 0 bridgehead atoms. The zero-order valence-electron chi connectivity index (χ0n) is 8.57. The normalized spacial score (nSPS) is 12.1. The van der Waals surface area contributed by atoms with Crippen molar-refractivity contribution in [2.24, 2.45) is 0 Å². The van der Waals surface area contributed by atoms with Crippen LogP contribution in [0.3, 0.4) is 0 Å². The number of hydrogen-bond acceptors (Lipinski definition) is 2. The van der Waals surface area contributed by atoms with E-state index in [-0.39, 0.29) is 11.2 Å². The molecule has 2 nitrogen and oxygen atoms in total. The summed E-state index contributed by atoms with van der Waals surface area (Å²) in [4.78, 5) is 11.6. The third kappa shape index (κ3) is 4.58. The number of halogens is 1. The molecular weight excluding hydrogens is 230 g/mol. The molecule has 0 spiro atoms. The molecule has 0 fully saturated rings. The van der Waals surface area contributed by atoms with Crippen LogP contribution in [0.1, 0.15) is 6.42 Å². The third-order valence-corrected chi connectivity index (χ3v) is 3.53. The molecule has 0 aliphatic heterocycles. The van der Waals surface area contributed by atoms with Gasteiger partial charge in [0.05, 0.1) is 0 Å². The molecule has 0 saturated heterocycles. The molecule has 4 heteroatoms. The standard InChI is InChI=1S/C11H14ClNOS/c1-15-10(8-12)7-11(14)13-9-5-3-2-4-6-9/h2-6,10H,7-8H2,1H3,(H,13,14). The van der Waals surface area contributed by atoms with Gasteiger partial charge in [-0.1, -0.05) is 18.2 Å². The molecule has 0 aliphatic rings. The summed E-state index contributed by atoms with van der Waals surface area (Å²) in [6.07, 6.45) is 2.42. The van der Waals surface area contributed by atoms with Crippen LogP contribution >= 0.6 is 23.4 Å². The van der Waals surface area contributed by atoms with E-state index in [2.05, 4.69) is 5.32 Å². The van der Waals surface area contributed by atoms with E-state index >= 15 is 0 Å². The van der Waals surface area contributed by atoms with Crippen molar-refractivity contribution in [2.75, 3.05) is 17.5 Å². The minimum atomic E-state index is 0.0150. The molecular formula is C11H14ClNOS. The number of alkyl halides is 1. The second-order valence-corrected chi connectivity index (χ2v) is 4.58. The lowest BCUT2D eigenvalue weighted by atomic mass is 10.3. The average Bonchev–Trinajstić information content (AvgIpc) is 2.27. The number of rotatable bonds is 5. The van der Waals surface area contributed by atoms with E-state index in [0.29, 0.717) is 12.3 Å². The summed E-state index contributed by atoms with van der Waals surface area (Å²) in [5.41, 5.74) is 0.830. The van der Waals surface area contributed by atoms with Crippen LogP contribution in [0.25, 0.3) is 0 Å². The van der Waals surface area contributed by atoms with E-state index in [1.165, 1.54) is 0 Å². The van der Waals surface area contributed by atoms with E-state index in [0.717, 1.165) is 5.69 Å². The van der Waals surface area contributed by atoms with Crippen LogP contribution in [0.2, 0.25) is 0 Å². The molecule has 0 aromatic heterocycles. The number of carbonyl (C=O) groups is 1. The summed E-state index contributed by atoms with van der Waals surface area (Å²) in [6, 6.07) is 9.44. The maximum atomic E-state index is 11.6. The predicted molar refractivity (Wildman–Crippen MR) is 67.7 cm³/mol. The highest BCUT2D eigenvalue weighted by atomic mass is 35.5. The monoisotopic (exact) mass is 243 g/mol. The number of para-hydroxylation sites is 1. The van der Waals surface area contributed by atoms with Gasteiger partial charge in [0.25, 0.3) is 0 Å². The molecule has 1 aromatic carbocycles. The van der Waals surface area contributed by atoms with E-state index in [4.69, 9.17) is 11.6 Å². The van der Waals surface area contributed by atoms with E-state index in [9.17, 15) is 4.79 Å². The Morgan fingerprint density at radius 2 is 2.13 bits per heavy atom. The van der Waals surface area contributed by atoms with Crippen molar-refractivity contribution in [3.63, 3.8) is 0 Å². The topological polar surface area (TPSA) is 29.1 Å². The van der Waals surface area contributed by atoms with Gasteiger partial charge in [0.2, 0.25) is 5.91 Å². The van der Waals surface area contributed by atoms with Crippen molar-refractivity contribution in [3.8, 4) is 0 Å². The Kier molecular flexibility index (Phi) is 5.58. The summed E-state index contributed by atoms with van der Waals surface area (Å²) >= 11 is 7.33. The average molecular weight is 244 g/mol. The summed E-state index contributed by atoms with van der Waals surface area (Å²) in [5, 5.41) is 3.02. The lowest BCUT2D eigenvalue weighted by Crippen LogP contribution is -2.18. The third-order valence-electron chi connectivity index (χ3n) is 1.98. The summed E-state index contributed by atoms with van der Waals surface area (Å²) in [7, 11) is 0. The van der Waals surface area contributed by atoms with E-state index < -0.39 is 0 Å². The number of thioether (sulfide) groups is 1. The molecule has 0 heterocycles. The zero-order chi connectivity index (χ0) is 11.1. The number of carbonyl (C=O) groups excluding carboxylic acids is 1. The Morgan fingerprint density at radius 1 is 1.47 bits per heavy atom. The van der Waals surface area contributed by atoms with Gasteiger partial charge < -0.3 is 5.32 Å². The number of benzene rings is 1. The van der Waals surface area contributed by atoms with E-state index in [1.807, 2.05) is 36.6 Å². The SMILES string of the molecule is CSC(CCl)CC(=O)Nc1ccccc1. The Bertz CT molecular complexity index is 301. The molecule has 1 unspecified atom stereocenters. The first-order valence-electron chi connectivity index (χ1n) is 4.70. The second-order valence-electron chi connectivity index (χ2n) is 3.13. The second kappa shape index (κ2) is 6.75. The summed E-state index contributed by atoms with van der Waals surface area (Å²) < 4.78 is 0. The van der Waals surface area contributed by atoms with E-state index in [1.54, 1.807) is 11.8 Å². The van der Waals surface area contributed by atoms with Crippen molar-refractivity contribution >= 4 is 35.0 Å². The predicted octanol–water partition coefficient (Wildman–Crippen LogP) is 2.99. The van der Waals surface area contributed by atoms with Gasteiger partial charge in [-0.05, 0) is 18.4 Å². The van der Waals surface area contributed by atoms with Crippen molar-refractivity contribution in [1.82, 2.24) is 0 Å². The van der Waals surface area contributed by atoms with Crippen LogP contribution in [0.15, 0.2) is 30.3 Å². The van der Waals surface area contributed by atoms with Crippen LogP contribution in [-0.2, 0) is 4.79 Å². The zero-order valence-corrected chi connectivity index (χ0v) is 10.1. The van der Waals surface area contributed by atoms with Crippen LogP contribution in [0.4, 0.5) is 5.69 Å². The molecule has 1 amide bonds. The Balaban J connectivity index is 2.43.